The van der Waals surface area contributed by atoms with E-state index in [-0.39, 0.29) is 23.5 Å². The van der Waals surface area contributed by atoms with Crippen molar-refractivity contribution in [3.05, 3.63) is 47.5 Å². The molecule has 206 valence electrons. The van der Waals surface area contributed by atoms with Gasteiger partial charge in [0, 0.05) is 45.0 Å². The molecule has 4 heterocycles. The van der Waals surface area contributed by atoms with E-state index < -0.39 is 17.6 Å². The number of aromatic nitrogens is 6. The number of hydrogen-bond donors (Lipinski definition) is 0. The van der Waals surface area contributed by atoms with Crippen LogP contribution in [0.25, 0.3) is 22.4 Å². The number of ether oxygens (including phenoxy) is 1. The second-order valence-corrected chi connectivity index (χ2v) is 10.4. The lowest BCUT2D eigenvalue weighted by Crippen LogP contribution is -2.43. The highest BCUT2D eigenvalue weighted by atomic mass is 19.4. The smallest absolute Gasteiger partial charge is 0.367 e. The van der Waals surface area contributed by atoms with Crippen molar-refractivity contribution in [3.63, 3.8) is 0 Å². The number of nitrogens with zero attached hydrogens (tertiary/aromatic N) is 8. The van der Waals surface area contributed by atoms with E-state index in [0.717, 1.165) is 30.5 Å². The number of alkyl halides is 3. The molecule has 1 saturated heterocycles. The van der Waals surface area contributed by atoms with Gasteiger partial charge in [0.1, 0.15) is 23.1 Å². The van der Waals surface area contributed by atoms with Crippen LogP contribution in [-0.4, -0.2) is 62.6 Å². The van der Waals surface area contributed by atoms with Crippen LogP contribution in [0.5, 0.6) is 0 Å². The van der Waals surface area contributed by atoms with Crippen molar-refractivity contribution in [2.75, 3.05) is 37.0 Å². The van der Waals surface area contributed by atoms with Crippen molar-refractivity contribution in [3.8, 4) is 11.3 Å². The van der Waals surface area contributed by atoms with Gasteiger partial charge in [0.25, 0.3) is 0 Å². The first-order chi connectivity index (χ1) is 18.5. The van der Waals surface area contributed by atoms with Gasteiger partial charge in [0.15, 0.2) is 5.65 Å². The summed E-state index contributed by atoms with van der Waals surface area (Å²) in [5, 5.41) is 4.48. The Kier molecular flexibility index (Phi) is 6.01. The second kappa shape index (κ2) is 9.18. The molecule has 2 aliphatic rings. The number of benzene rings is 1. The van der Waals surface area contributed by atoms with Crippen LogP contribution in [0.3, 0.4) is 0 Å². The molecule has 2 fully saturated rings. The maximum atomic E-state index is 15.2. The molecule has 0 spiro atoms. The highest BCUT2D eigenvalue weighted by Gasteiger charge is 2.34. The highest BCUT2D eigenvalue weighted by molar-refractivity contribution is 5.90. The first-order valence-electron chi connectivity index (χ1n) is 12.7. The van der Waals surface area contributed by atoms with Crippen LogP contribution >= 0.6 is 0 Å². The Hall–Kier alpha value is -3.74. The highest BCUT2D eigenvalue weighted by Crippen LogP contribution is 2.38. The standard InChI is InChI=1S/C26H28F4N8O/c1-14-11-37(13-20(39-14)15-10-31-38(12-15)17-6-7-17)24-32-21(18-8-5-16(9-19(18)27)26(28,29)30)22-23(33-24)34-25(35(2)3)36(22)4/h5,8-10,12,14,17,20H,6-7,11,13H2,1-4H3/t14-,20-/m1/s1. The zero-order valence-electron chi connectivity index (χ0n) is 21.9. The van der Waals surface area contributed by atoms with Crippen LogP contribution in [0.15, 0.2) is 30.6 Å². The summed E-state index contributed by atoms with van der Waals surface area (Å²) in [6.45, 7) is 2.85. The van der Waals surface area contributed by atoms with Gasteiger partial charge in [0.2, 0.25) is 11.9 Å². The molecule has 13 heteroatoms. The van der Waals surface area contributed by atoms with E-state index in [4.69, 9.17) is 14.7 Å². The molecule has 0 unspecified atom stereocenters. The van der Waals surface area contributed by atoms with Crippen LogP contribution in [0, 0.1) is 5.82 Å². The molecule has 0 radical (unpaired) electrons. The molecule has 0 bridgehead atoms. The normalized spacial score (nSPS) is 20.2. The molecule has 0 amide bonds. The van der Waals surface area contributed by atoms with Crippen molar-refractivity contribution in [2.24, 2.45) is 7.05 Å². The molecule has 2 atom stereocenters. The minimum absolute atomic E-state index is 0.0616. The van der Waals surface area contributed by atoms with Crippen LogP contribution in [0.2, 0.25) is 0 Å². The van der Waals surface area contributed by atoms with Crippen molar-refractivity contribution in [1.82, 2.24) is 29.3 Å². The minimum Gasteiger partial charge on any atom is -0.367 e. The number of aryl methyl sites for hydroxylation is 1. The second-order valence-electron chi connectivity index (χ2n) is 10.4. The molecule has 3 aromatic heterocycles. The summed E-state index contributed by atoms with van der Waals surface area (Å²) in [6.07, 6.45) is 0.939. The summed E-state index contributed by atoms with van der Waals surface area (Å²) < 4.78 is 64.9. The number of anilines is 2. The summed E-state index contributed by atoms with van der Waals surface area (Å²) in [6, 6.07) is 2.91. The van der Waals surface area contributed by atoms with Gasteiger partial charge in [0.05, 0.1) is 30.5 Å². The molecular formula is C26H28F4N8O. The number of halogens is 4. The van der Waals surface area contributed by atoms with E-state index in [0.29, 0.717) is 48.3 Å². The fraction of sp³-hybridized carbons (Fsp3) is 0.462. The van der Waals surface area contributed by atoms with E-state index in [9.17, 15) is 13.2 Å². The monoisotopic (exact) mass is 544 g/mol. The molecule has 4 aromatic rings. The van der Waals surface area contributed by atoms with E-state index in [1.807, 2.05) is 43.0 Å². The lowest BCUT2D eigenvalue weighted by molar-refractivity contribution is -0.137. The summed E-state index contributed by atoms with van der Waals surface area (Å²) in [7, 11) is 5.36. The van der Waals surface area contributed by atoms with Gasteiger partial charge < -0.3 is 19.1 Å². The average molecular weight is 545 g/mol. The van der Waals surface area contributed by atoms with Gasteiger partial charge in [-0.25, -0.2) is 9.37 Å². The van der Waals surface area contributed by atoms with Gasteiger partial charge in [-0.15, -0.1) is 0 Å². The first-order valence-corrected chi connectivity index (χ1v) is 12.7. The van der Waals surface area contributed by atoms with Crippen molar-refractivity contribution >= 4 is 23.1 Å². The molecule has 1 aliphatic heterocycles. The zero-order chi connectivity index (χ0) is 27.6. The van der Waals surface area contributed by atoms with E-state index >= 15 is 4.39 Å². The SMILES string of the molecule is C[C@@H]1CN(c2nc(-c3ccc(C(F)(F)F)cc3F)c3c(n2)nc(N(C)C)n3C)C[C@H](c2cnn(C3CC3)c2)O1. The summed E-state index contributed by atoms with van der Waals surface area (Å²) in [5.41, 5.74) is 0.726. The predicted molar refractivity (Wildman–Crippen MR) is 137 cm³/mol. The Morgan fingerprint density at radius 1 is 1.08 bits per heavy atom. The van der Waals surface area contributed by atoms with E-state index in [2.05, 4.69) is 10.1 Å². The van der Waals surface area contributed by atoms with E-state index in [1.54, 1.807) is 16.5 Å². The molecule has 1 aliphatic carbocycles. The fourth-order valence-electron chi connectivity index (χ4n) is 5.06. The van der Waals surface area contributed by atoms with E-state index in [1.165, 1.54) is 0 Å². The first kappa shape index (κ1) is 25.5. The Morgan fingerprint density at radius 2 is 1.85 bits per heavy atom. The third-order valence-electron chi connectivity index (χ3n) is 7.10. The summed E-state index contributed by atoms with van der Waals surface area (Å²) in [4.78, 5) is 17.8. The number of imidazole rings is 1. The molecule has 1 saturated carbocycles. The van der Waals surface area contributed by atoms with Gasteiger partial charge in [-0.3, -0.25) is 4.68 Å². The molecule has 39 heavy (non-hydrogen) atoms. The maximum Gasteiger partial charge on any atom is 0.416 e. The summed E-state index contributed by atoms with van der Waals surface area (Å²) in [5.74, 6) is -0.176. The number of rotatable bonds is 5. The number of hydrogen-bond acceptors (Lipinski definition) is 7. The maximum absolute atomic E-state index is 15.2. The van der Waals surface area contributed by atoms with Crippen molar-refractivity contribution < 1.29 is 22.3 Å². The van der Waals surface area contributed by atoms with Gasteiger partial charge in [-0.1, -0.05) is 0 Å². The molecule has 6 rings (SSSR count). The quantitative estimate of drug-likeness (QED) is 0.336. The Labute approximate surface area is 222 Å². The predicted octanol–water partition coefficient (Wildman–Crippen LogP) is 4.75. The van der Waals surface area contributed by atoms with Gasteiger partial charge in [-0.2, -0.15) is 28.2 Å². The lowest BCUT2D eigenvalue weighted by Gasteiger charge is -2.36. The van der Waals surface area contributed by atoms with Crippen LogP contribution in [0.4, 0.5) is 29.5 Å². The topological polar surface area (TPSA) is 77.1 Å². The Balaban J connectivity index is 1.44. The number of fused-ring (bicyclic) bond motifs is 1. The molecule has 9 nitrogen and oxygen atoms in total. The Bertz CT molecular complexity index is 1540. The van der Waals surface area contributed by atoms with Crippen LogP contribution in [0.1, 0.15) is 43.0 Å². The number of morpholine rings is 1. The van der Waals surface area contributed by atoms with Crippen molar-refractivity contribution in [1.29, 1.82) is 0 Å². The molecular weight excluding hydrogens is 516 g/mol. The zero-order valence-corrected chi connectivity index (χ0v) is 21.9. The fourth-order valence-corrected chi connectivity index (χ4v) is 5.06. The third-order valence-corrected chi connectivity index (χ3v) is 7.10. The van der Waals surface area contributed by atoms with Crippen LogP contribution in [-0.2, 0) is 18.0 Å². The van der Waals surface area contributed by atoms with Crippen molar-refractivity contribution in [2.45, 2.75) is 44.2 Å². The largest absolute Gasteiger partial charge is 0.416 e. The van der Waals surface area contributed by atoms with Gasteiger partial charge in [-0.05, 0) is 38.0 Å². The van der Waals surface area contributed by atoms with Gasteiger partial charge >= 0.3 is 6.18 Å². The lowest BCUT2D eigenvalue weighted by atomic mass is 10.1. The third kappa shape index (κ3) is 4.68. The molecule has 1 aromatic carbocycles. The van der Waals surface area contributed by atoms with Crippen LogP contribution < -0.4 is 9.80 Å². The Morgan fingerprint density at radius 3 is 2.51 bits per heavy atom. The summed E-state index contributed by atoms with van der Waals surface area (Å²) >= 11 is 0. The average Bonchev–Trinajstić information content (AvgIpc) is 3.50. The molecule has 0 N–H and O–H groups in total. The minimum atomic E-state index is -4.66.